The number of halogens is 1. The minimum absolute atomic E-state index is 0.251. The molecule has 0 aliphatic heterocycles. The lowest BCUT2D eigenvalue weighted by atomic mass is 10.2. The molecule has 1 amide bonds. The van der Waals surface area contributed by atoms with Crippen molar-refractivity contribution in [2.45, 2.75) is 20.4 Å². The number of hydrogen-bond donors (Lipinski definition) is 2. The van der Waals surface area contributed by atoms with Crippen molar-refractivity contribution < 1.29 is 4.79 Å². The van der Waals surface area contributed by atoms with Gasteiger partial charge in [0.1, 0.15) is 0 Å². The van der Waals surface area contributed by atoms with Gasteiger partial charge in [0.05, 0.1) is 5.69 Å². The number of nitrogen functional groups attached to an aromatic ring is 1. The maximum Gasteiger partial charge on any atom is 0.278 e. The lowest BCUT2D eigenvalue weighted by molar-refractivity contribution is 0.102. The number of nitrogens with two attached hydrogens (primary N) is 1. The second kappa shape index (κ2) is 5.44. The average molecular weight is 323 g/mol. The highest BCUT2D eigenvalue weighted by Crippen LogP contribution is 2.24. The number of aryl methyl sites for hydroxylation is 1. The van der Waals surface area contributed by atoms with Gasteiger partial charge in [-0.15, -0.1) is 0 Å². The molecular weight excluding hydrogens is 308 g/mol. The van der Waals surface area contributed by atoms with E-state index in [1.54, 1.807) is 10.9 Å². The Labute approximate surface area is 119 Å². The van der Waals surface area contributed by atoms with Crippen molar-refractivity contribution in [2.24, 2.45) is 0 Å². The number of anilines is 2. The predicted molar refractivity (Wildman–Crippen MR) is 79.1 cm³/mol. The predicted octanol–water partition coefficient (Wildman–Crippen LogP) is 2.81. The van der Waals surface area contributed by atoms with Gasteiger partial charge < -0.3 is 11.1 Å². The molecule has 2 aromatic rings. The van der Waals surface area contributed by atoms with Crippen LogP contribution in [-0.4, -0.2) is 15.7 Å². The normalized spacial score (nSPS) is 10.5. The molecule has 5 nitrogen and oxygen atoms in total. The lowest BCUT2D eigenvalue weighted by Gasteiger charge is -2.08. The molecule has 0 atom stereocenters. The van der Waals surface area contributed by atoms with Crippen LogP contribution >= 0.6 is 15.9 Å². The monoisotopic (exact) mass is 322 g/mol. The Morgan fingerprint density at radius 1 is 1.53 bits per heavy atom. The first-order chi connectivity index (χ1) is 9.02. The standard InChI is InChI=1S/C13H15BrN4O/c1-3-18-7-10(15)12(17-18)13(19)16-11-6-4-5-9(14)8(11)2/h4-7H,3,15H2,1-2H3,(H,16,19). The number of carbonyl (C=O) groups is 1. The fourth-order valence-corrected chi connectivity index (χ4v) is 2.07. The van der Waals surface area contributed by atoms with Gasteiger partial charge in [0.25, 0.3) is 5.91 Å². The van der Waals surface area contributed by atoms with E-state index in [9.17, 15) is 4.79 Å². The van der Waals surface area contributed by atoms with Gasteiger partial charge in [-0.25, -0.2) is 0 Å². The quantitative estimate of drug-likeness (QED) is 0.912. The third-order valence-electron chi connectivity index (χ3n) is 2.84. The van der Waals surface area contributed by atoms with Crippen LogP contribution in [0, 0.1) is 6.92 Å². The molecule has 0 spiro atoms. The van der Waals surface area contributed by atoms with E-state index in [4.69, 9.17) is 5.73 Å². The number of rotatable bonds is 3. The Morgan fingerprint density at radius 2 is 2.26 bits per heavy atom. The molecule has 0 fully saturated rings. The van der Waals surface area contributed by atoms with Gasteiger partial charge in [-0.1, -0.05) is 22.0 Å². The van der Waals surface area contributed by atoms with Crippen molar-refractivity contribution in [3.63, 3.8) is 0 Å². The molecular formula is C13H15BrN4O. The summed E-state index contributed by atoms with van der Waals surface area (Å²) in [5.41, 5.74) is 8.12. The van der Waals surface area contributed by atoms with E-state index >= 15 is 0 Å². The van der Waals surface area contributed by atoms with Gasteiger partial charge in [0.2, 0.25) is 0 Å². The van der Waals surface area contributed by atoms with E-state index in [0.29, 0.717) is 12.2 Å². The molecule has 0 unspecified atom stereocenters. The second-order valence-electron chi connectivity index (χ2n) is 4.16. The van der Waals surface area contributed by atoms with Crippen LogP contribution in [0.4, 0.5) is 11.4 Å². The largest absolute Gasteiger partial charge is 0.396 e. The van der Waals surface area contributed by atoms with E-state index in [1.807, 2.05) is 32.0 Å². The van der Waals surface area contributed by atoms with Crippen LogP contribution in [0.3, 0.4) is 0 Å². The average Bonchev–Trinajstić information content (AvgIpc) is 2.76. The minimum Gasteiger partial charge on any atom is -0.396 e. The van der Waals surface area contributed by atoms with Crippen molar-refractivity contribution in [3.05, 3.63) is 40.1 Å². The molecule has 0 saturated carbocycles. The van der Waals surface area contributed by atoms with Gasteiger partial charge in [-0.05, 0) is 31.5 Å². The van der Waals surface area contributed by atoms with Crippen LogP contribution in [0.2, 0.25) is 0 Å². The first-order valence-corrected chi connectivity index (χ1v) is 6.71. The zero-order valence-electron chi connectivity index (χ0n) is 10.8. The summed E-state index contributed by atoms with van der Waals surface area (Å²) in [7, 11) is 0. The number of nitrogens with one attached hydrogen (secondary N) is 1. The zero-order valence-corrected chi connectivity index (χ0v) is 12.4. The highest BCUT2D eigenvalue weighted by Gasteiger charge is 2.15. The Hall–Kier alpha value is -1.82. The smallest absolute Gasteiger partial charge is 0.278 e. The molecule has 1 heterocycles. The van der Waals surface area contributed by atoms with Crippen LogP contribution in [0.5, 0.6) is 0 Å². The first kappa shape index (κ1) is 13.6. The van der Waals surface area contributed by atoms with Crippen molar-refractivity contribution in [3.8, 4) is 0 Å². The van der Waals surface area contributed by atoms with E-state index in [0.717, 1.165) is 15.7 Å². The molecule has 0 bridgehead atoms. The molecule has 0 radical (unpaired) electrons. The maximum absolute atomic E-state index is 12.1. The summed E-state index contributed by atoms with van der Waals surface area (Å²) in [5.74, 6) is -0.300. The summed E-state index contributed by atoms with van der Waals surface area (Å²) in [6, 6.07) is 5.62. The number of benzene rings is 1. The zero-order chi connectivity index (χ0) is 14.0. The Bertz CT molecular complexity index is 621. The SMILES string of the molecule is CCn1cc(N)c(C(=O)Nc2cccc(Br)c2C)n1. The molecule has 3 N–H and O–H groups in total. The van der Waals surface area contributed by atoms with Crippen LogP contribution < -0.4 is 11.1 Å². The first-order valence-electron chi connectivity index (χ1n) is 5.92. The van der Waals surface area contributed by atoms with E-state index < -0.39 is 0 Å². The Kier molecular flexibility index (Phi) is 3.90. The maximum atomic E-state index is 12.1. The number of amides is 1. The van der Waals surface area contributed by atoms with Crippen molar-refractivity contribution in [1.29, 1.82) is 0 Å². The van der Waals surface area contributed by atoms with Crippen molar-refractivity contribution >= 4 is 33.2 Å². The molecule has 0 aliphatic carbocycles. The highest BCUT2D eigenvalue weighted by molar-refractivity contribution is 9.10. The van der Waals surface area contributed by atoms with Gasteiger partial charge in [-0.3, -0.25) is 9.48 Å². The highest BCUT2D eigenvalue weighted by atomic mass is 79.9. The summed E-state index contributed by atoms with van der Waals surface area (Å²) >= 11 is 3.43. The summed E-state index contributed by atoms with van der Waals surface area (Å²) in [5, 5.41) is 6.97. The van der Waals surface area contributed by atoms with Gasteiger partial charge in [0.15, 0.2) is 5.69 Å². The van der Waals surface area contributed by atoms with Crippen LogP contribution in [0.15, 0.2) is 28.9 Å². The number of carbonyl (C=O) groups excluding carboxylic acids is 1. The summed E-state index contributed by atoms with van der Waals surface area (Å²) in [6.45, 7) is 4.54. The molecule has 100 valence electrons. The minimum atomic E-state index is -0.300. The van der Waals surface area contributed by atoms with Crippen LogP contribution in [-0.2, 0) is 6.54 Å². The molecule has 6 heteroatoms. The van der Waals surface area contributed by atoms with E-state index in [-0.39, 0.29) is 11.6 Å². The number of nitrogens with zero attached hydrogens (tertiary/aromatic N) is 2. The van der Waals surface area contributed by atoms with Crippen molar-refractivity contribution in [2.75, 3.05) is 11.1 Å². The van der Waals surface area contributed by atoms with E-state index in [2.05, 4.69) is 26.3 Å². The molecule has 1 aromatic heterocycles. The van der Waals surface area contributed by atoms with Gasteiger partial charge in [-0.2, -0.15) is 5.10 Å². The summed E-state index contributed by atoms with van der Waals surface area (Å²) in [6.07, 6.45) is 1.66. The summed E-state index contributed by atoms with van der Waals surface area (Å²) < 4.78 is 2.58. The van der Waals surface area contributed by atoms with E-state index in [1.165, 1.54) is 0 Å². The fraction of sp³-hybridized carbons (Fsp3) is 0.231. The Balaban J connectivity index is 2.25. The molecule has 2 rings (SSSR count). The molecule has 0 aliphatic rings. The van der Waals surface area contributed by atoms with Crippen LogP contribution in [0.25, 0.3) is 0 Å². The van der Waals surface area contributed by atoms with Crippen molar-refractivity contribution in [1.82, 2.24) is 9.78 Å². The fourth-order valence-electron chi connectivity index (χ4n) is 1.70. The van der Waals surface area contributed by atoms with Gasteiger partial charge >= 0.3 is 0 Å². The lowest BCUT2D eigenvalue weighted by Crippen LogP contribution is -2.15. The molecule has 0 saturated heterocycles. The molecule has 1 aromatic carbocycles. The van der Waals surface area contributed by atoms with Crippen LogP contribution in [0.1, 0.15) is 23.0 Å². The second-order valence-corrected chi connectivity index (χ2v) is 5.01. The third-order valence-corrected chi connectivity index (χ3v) is 3.70. The third kappa shape index (κ3) is 2.78. The molecule has 19 heavy (non-hydrogen) atoms. The topological polar surface area (TPSA) is 72.9 Å². The Morgan fingerprint density at radius 3 is 2.89 bits per heavy atom. The number of hydrogen-bond acceptors (Lipinski definition) is 3. The summed E-state index contributed by atoms with van der Waals surface area (Å²) in [4.78, 5) is 12.1. The number of aromatic nitrogens is 2. The van der Waals surface area contributed by atoms with Gasteiger partial charge in [0, 0.05) is 22.9 Å².